The van der Waals surface area contributed by atoms with Crippen molar-refractivity contribution in [3.05, 3.63) is 31.6 Å². The zero-order valence-corrected chi connectivity index (χ0v) is 9.43. The van der Waals surface area contributed by atoms with Gasteiger partial charge in [-0.3, -0.25) is 14.3 Å². The Bertz CT molecular complexity index is 450. The zero-order valence-electron chi connectivity index (χ0n) is 8.67. The van der Waals surface area contributed by atoms with E-state index in [2.05, 4.69) is 4.98 Å². The summed E-state index contributed by atoms with van der Waals surface area (Å²) in [4.78, 5) is 25.4. The van der Waals surface area contributed by atoms with Crippen molar-refractivity contribution in [3.8, 4) is 0 Å². The van der Waals surface area contributed by atoms with E-state index in [-0.39, 0.29) is 10.7 Å². The molecule has 0 aliphatic carbocycles. The lowest BCUT2D eigenvalue weighted by Crippen LogP contribution is -2.36. The summed E-state index contributed by atoms with van der Waals surface area (Å²) < 4.78 is 5.97. The van der Waals surface area contributed by atoms with Gasteiger partial charge in [0.15, 0.2) is 0 Å². The predicted molar refractivity (Wildman–Crippen MR) is 57.6 cm³/mol. The van der Waals surface area contributed by atoms with E-state index in [0.29, 0.717) is 25.1 Å². The zero-order chi connectivity index (χ0) is 11.4. The first-order chi connectivity index (χ1) is 7.07. The lowest BCUT2D eigenvalue weighted by atomic mass is 10.3. The van der Waals surface area contributed by atoms with Crippen LogP contribution in [0.1, 0.15) is 12.0 Å². The number of nitrogens with zero attached hydrogens (tertiary/aromatic N) is 1. The molecule has 0 radical (unpaired) electrons. The Hall–Kier alpha value is -1.07. The maximum Gasteiger partial charge on any atom is 0.329 e. The Morgan fingerprint density at radius 2 is 2.13 bits per heavy atom. The van der Waals surface area contributed by atoms with Crippen molar-refractivity contribution >= 4 is 11.6 Å². The van der Waals surface area contributed by atoms with Crippen LogP contribution in [-0.2, 0) is 11.3 Å². The maximum absolute atomic E-state index is 11.6. The minimum atomic E-state index is -0.480. The normalized spacial score (nSPS) is 10.6. The summed E-state index contributed by atoms with van der Waals surface area (Å²) in [6, 6.07) is 0. The van der Waals surface area contributed by atoms with Crippen molar-refractivity contribution in [2.24, 2.45) is 0 Å². The van der Waals surface area contributed by atoms with Crippen LogP contribution in [0.2, 0.25) is 5.15 Å². The number of aromatic nitrogens is 2. The molecule has 1 aromatic rings. The van der Waals surface area contributed by atoms with E-state index < -0.39 is 5.69 Å². The predicted octanol–water partition coefficient (Wildman–Crippen LogP) is 0.535. The van der Waals surface area contributed by atoms with Crippen LogP contribution in [0.5, 0.6) is 0 Å². The lowest BCUT2D eigenvalue weighted by molar-refractivity contribution is 0.189. The average Bonchev–Trinajstić information content (AvgIpc) is 2.20. The van der Waals surface area contributed by atoms with Crippen LogP contribution in [0.15, 0.2) is 9.59 Å². The van der Waals surface area contributed by atoms with Gasteiger partial charge in [-0.15, -0.1) is 0 Å². The van der Waals surface area contributed by atoms with Gasteiger partial charge in [0, 0.05) is 25.8 Å². The Balaban J connectivity index is 3.03. The molecule has 0 aromatic carbocycles. The van der Waals surface area contributed by atoms with Crippen LogP contribution in [0.4, 0.5) is 0 Å². The number of rotatable bonds is 4. The SMILES string of the molecule is COCCCn1c(=O)[nH]c(Cl)c(C)c1=O. The molecule has 0 amide bonds. The molecule has 1 N–H and O–H groups in total. The number of ether oxygens (including phenoxy) is 1. The number of methoxy groups -OCH3 is 1. The van der Waals surface area contributed by atoms with Crippen LogP contribution in [0.25, 0.3) is 0 Å². The van der Waals surface area contributed by atoms with E-state index in [1.54, 1.807) is 14.0 Å². The number of aromatic amines is 1. The monoisotopic (exact) mass is 232 g/mol. The fraction of sp³-hybridized carbons (Fsp3) is 0.556. The topological polar surface area (TPSA) is 64.1 Å². The molecule has 84 valence electrons. The summed E-state index contributed by atoms with van der Waals surface area (Å²) in [6.45, 7) is 2.42. The molecule has 0 atom stereocenters. The van der Waals surface area contributed by atoms with Gasteiger partial charge in [0.2, 0.25) is 0 Å². The van der Waals surface area contributed by atoms with E-state index in [4.69, 9.17) is 16.3 Å². The summed E-state index contributed by atoms with van der Waals surface area (Å²) in [7, 11) is 1.57. The van der Waals surface area contributed by atoms with Crippen LogP contribution in [0.3, 0.4) is 0 Å². The van der Waals surface area contributed by atoms with E-state index in [0.717, 1.165) is 4.57 Å². The second kappa shape index (κ2) is 5.14. The maximum atomic E-state index is 11.6. The van der Waals surface area contributed by atoms with Gasteiger partial charge in [0.1, 0.15) is 5.15 Å². The standard InChI is InChI=1S/C9H13ClN2O3/c1-6-7(10)11-9(14)12(8(6)13)4-3-5-15-2/h3-5H2,1-2H3,(H,11,14). The molecular weight excluding hydrogens is 220 g/mol. The minimum absolute atomic E-state index is 0.105. The molecule has 0 unspecified atom stereocenters. The number of nitrogens with one attached hydrogen (secondary N) is 1. The van der Waals surface area contributed by atoms with E-state index in [1.165, 1.54) is 0 Å². The molecule has 6 heteroatoms. The van der Waals surface area contributed by atoms with E-state index in [1.807, 2.05) is 0 Å². The quantitative estimate of drug-likeness (QED) is 0.609. The molecule has 15 heavy (non-hydrogen) atoms. The molecule has 0 bridgehead atoms. The first-order valence-electron chi connectivity index (χ1n) is 4.56. The highest BCUT2D eigenvalue weighted by Crippen LogP contribution is 2.02. The van der Waals surface area contributed by atoms with Gasteiger partial charge in [-0.05, 0) is 13.3 Å². The largest absolute Gasteiger partial charge is 0.385 e. The number of halogens is 1. The highest BCUT2D eigenvalue weighted by atomic mass is 35.5. The minimum Gasteiger partial charge on any atom is -0.385 e. The Kier molecular flexibility index (Phi) is 4.11. The third kappa shape index (κ3) is 2.70. The number of hydrogen-bond donors (Lipinski definition) is 1. The Morgan fingerprint density at radius 1 is 1.47 bits per heavy atom. The fourth-order valence-electron chi connectivity index (χ4n) is 1.21. The third-order valence-electron chi connectivity index (χ3n) is 2.09. The van der Waals surface area contributed by atoms with E-state index in [9.17, 15) is 9.59 Å². The van der Waals surface area contributed by atoms with E-state index >= 15 is 0 Å². The van der Waals surface area contributed by atoms with Crippen LogP contribution >= 0.6 is 11.6 Å². The van der Waals surface area contributed by atoms with Gasteiger partial charge in [0.05, 0.1) is 0 Å². The van der Waals surface area contributed by atoms with Crippen molar-refractivity contribution in [2.45, 2.75) is 19.9 Å². The average molecular weight is 233 g/mol. The summed E-state index contributed by atoms with van der Waals surface area (Å²) >= 11 is 5.66. The molecule has 0 fully saturated rings. The number of H-pyrrole nitrogens is 1. The molecule has 1 aromatic heterocycles. The van der Waals surface area contributed by atoms with Gasteiger partial charge >= 0.3 is 5.69 Å². The highest BCUT2D eigenvalue weighted by Gasteiger charge is 2.07. The molecule has 0 aliphatic heterocycles. The second-order valence-electron chi connectivity index (χ2n) is 3.17. The Morgan fingerprint density at radius 3 is 2.73 bits per heavy atom. The van der Waals surface area contributed by atoms with Crippen molar-refractivity contribution in [1.82, 2.24) is 9.55 Å². The molecule has 5 nitrogen and oxygen atoms in total. The van der Waals surface area contributed by atoms with Gasteiger partial charge in [-0.2, -0.15) is 0 Å². The highest BCUT2D eigenvalue weighted by molar-refractivity contribution is 6.30. The van der Waals surface area contributed by atoms with Gasteiger partial charge in [-0.25, -0.2) is 4.79 Å². The van der Waals surface area contributed by atoms with Gasteiger partial charge in [-0.1, -0.05) is 11.6 Å². The molecular formula is C9H13ClN2O3. The van der Waals surface area contributed by atoms with Crippen molar-refractivity contribution < 1.29 is 4.74 Å². The van der Waals surface area contributed by atoms with Gasteiger partial charge < -0.3 is 4.74 Å². The summed E-state index contributed by atoms with van der Waals surface area (Å²) in [5.74, 6) is 0. The Labute approximate surface area is 91.6 Å². The molecule has 0 spiro atoms. The smallest absolute Gasteiger partial charge is 0.329 e. The van der Waals surface area contributed by atoms with Crippen LogP contribution in [0, 0.1) is 6.92 Å². The summed E-state index contributed by atoms with van der Waals surface area (Å²) in [5.41, 5.74) is -0.472. The first kappa shape index (κ1) is 12.0. The lowest BCUT2D eigenvalue weighted by Gasteiger charge is -2.05. The van der Waals surface area contributed by atoms with Crippen molar-refractivity contribution in [1.29, 1.82) is 0 Å². The van der Waals surface area contributed by atoms with Gasteiger partial charge in [0.25, 0.3) is 5.56 Å². The molecule has 1 rings (SSSR count). The molecule has 1 heterocycles. The van der Waals surface area contributed by atoms with Crippen LogP contribution < -0.4 is 11.2 Å². The third-order valence-corrected chi connectivity index (χ3v) is 2.47. The molecule has 0 saturated heterocycles. The fourth-order valence-corrected chi connectivity index (χ4v) is 1.38. The summed E-state index contributed by atoms with van der Waals surface area (Å²) in [6.07, 6.45) is 0.612. The number of hydrogen-bond acceptors (Lipinski definition) is 3. The summed E-state index contributed by atoms with van der Waals surface area (Å²) in [5, 5.41) is 0.105. The second-order valence-corrected chi connectivity index (χ2v) is 3.55. The van der Waals surface area contributed by atoms with Crippen molar-refractivity contribution in [2.75, 3.05) is 13.7 Å². The molecule has 0 aliphatic rings. The van der Waals surface area contributed by atoms with Crippen molar-refractivity contribution in [3.63, 3.8) is 0 Å². The molecule has 0 saturated carbocycles. The van der Waals surface area contributed by atoms with Crippen LogP contribution in [-0.4, -0.2) is 23.3 Å². The first-order valence-corrected chi connectivity index (χ1v) is 4.94.